The average Bonchev–Trinajstić information content (AvgIpc) is 2.91. The normalized spacial score (nSPS) is 14.3. The summed E-state index contributed by atoms with van der Waals surface area (Å²) in [7, 11) is 3.00. The minimum Gasteiger partial charge on any atom is -0.490 e. The summed E-state index contributed by atoms with van der Waals surface area (Å²) in [5.41, 5.74) is 0.884. The van der Waals surface area contributed by atoms with Gasteiger partial charge in [-0.05, 0) is 18.2 Å². The summed E-state index contributed by atoms with van der Waals surface area (Å²) in [6.45, 7) is 1.10. The van der Waals surface area contributed by atoms with Crippen molar-refractivity contribution in [1.29, 1.82) is 0 Å². The number of amides is 1. The van der Waals surface area contributed by atoms with Gasteiger partial charge in [-0.3, -0.25) is 4.79 Å². The summed E-state index contributed by atoms with van der Waals surface area (Å²) < 4.78 is 17.6. The molecule has 25 heavy (non-hydrogen) atoms. The SMILES string of the molecule is COC(=O)[C@H](NC(=O)c1ccc2c(c1)OCCCO2)c1cncn1C. The summed E-state index contributed by atoms with van der Waals surface area (Å²) in [6.07, 6.45) is 3.84. The number of ether oxygens (including phenoxy) is 3. The molecule has 1 aromatic heterocycles. The molecule has 0 fully saturated rings. The number of aryl methyl sites for hydroxylation is 1. The maximum Gasteiger partial charge on any atom is 0.334 e. The van der Waals surface area contributed by atoms with Crippen molar-refractivity contribution in [2.24, 2.45) is 7.05 Å². The first-order valence-corrected chi connectivity index (χ1v) is 7.84. The molecule has 1 aliphatic rings. The fourth-order valence-electron chi connectivity index (χ4n) is 2.54. The number of hydrogen-bond acceptors (Lipinski definition) is 6. The van der Waals surface area contributed by atoms with Gasteiger partial charge in [0.1, 0.15) is 0 Å². The summed E-state index contributed by atoms with van der Waals surface area (Å²) in [5.74, 6) is 0.115. The topological polar surface area (TPSA) is 91.7 Å². The number of benzene rings is 1. The number of rotatable bonds is 4. The Hall–Kier alpha value is -3.03. The van der Waals surface area contributed by atoms with Crippen LogP contribution in [0.5, 0.6) is 11.5 Å². The number of methoxy groups -OCH3 is 1. The van der Waals surface area contributed by atoms with Crippen LogP contribution < -0.4 is 14.8 Å². The number of esters is 1. The quantitative estimate of drug-likeness (QED) is 0.838. The zero-order chi connectivity index (χ0) is 17.8. The Morgan fingerprint density at radius 2 is 2.04 bits per heavy atom. The van der Waals surface area contributed by atoms with Crippen molar-refractivity contribution in [1.82, 2.24) is 14.9 Å². The molecule has 0 aliphatic carbocycles. The molecule has 132 valence electrons. The van der Waals surface area contributed by atoms with Crippen LogP contribution in [0.4, 0.5) is 0 Å². The molecule has 8 heteroatoms. The predicted octanol–water partition coefficient (Wildman–Crippen LogP) is 1.23. The number of hydrogen-bond donors (Lipinski definition) is 1. The van der Waals surface area contributed by atoms with E-state index < -0.39 is 17.9 Å². The summed E-state index contributed by atoms with van der Waals surface area (Å²) in [6, 6.07) is 3.96. The van der Waals surface area contributed by atoms with Crippen LogP contribution in [0.2, 0.25) is 0 Å². The van der Waals surface area contributed by atoms with E-state index in [0.717, 1.165) is 6.42 Å². The molecule has 8 nitrogen and oxygen atoms in total. The Balaban J connectivity index is 1.83. The fraction of sp³-hybridized carbons (Fsp3) is 0.353. The molecule has 0 saturated heterocycles. The van der Waals surface area contributed by atoms with Gasteiger partial charge in [0, 0.05) is 19.0 Å². The first kappa shape index (κ1) is 16.8. The van der Waals surface area contributed by atoms with Gasteiger partial charge in [0.25, 0.3) is 5.91 Å². The monoisotopic (exact) mass is 345 g/mol. The molecule has 1 amide bonds. The van der Waals surface area contributed by atoms with Gasteiger partial charge in [0.15, 0.2) is 17.5 Å². The van der Waals surface area contributed by atoms with Gasteiger partial charge in [-0.15, -0.1) is 0 Å². The summed E-state index contributed by atoms with van der Waals surface area (Å²) in [5, 5.41) is 2.68. The predicted molar refractivity (Wildman–Crippen MR) is 87.5 cm³/mol. The van der Waals surface area contributed by atoms with Crippen molar-refractivity contribution in [3.05, 3.63) is 42.0 Å². The smallest absolute Gasteiger partial charge is 0.334 e. The fourth-order valence-corrected chi connectivity index (χ4v) is 2.54. The molecule has 3 rings (SSSR count). The third kappa shape index (κ3) is 3.57. The highest BCUT2D eigenvalue weighted by atomic mass is 16.5. The largest absolute Gasteiger partial charge is 0.490 e. The summed E-state index contributed by atoms with van der Waals surface area (Å²) in [4.78, 5) is 28.7. The van der Waals surface area contributed by atoms with E-state index in [2.05, 4.69) is 10.3 Å². The van der Waals surface area contributed by atoms with Gasteiger partial charge < -0.3 is 24.1 Å². The van der Waals surface area contributed by atoms with Crippen LogP contribution >= 0.6 is 0 Å². The molecular weight excluding hydrogens is 326 g/mol. The molecule has 1 atom stereocenters. The summed E-state index contributed by atoms with van der Waals surface area (Å²) >= 11 is 0. The highest BCUT2D eigenvalue weighted by Gasteiger charge is 2.27. The Morgan fingerprint density at radius 3 is 2.72 bits per heavy atom. The zero-order valence-corrected chi connectivity index (χ0v) is 14.0. The van der Waals surface area contributed by atoms with Crippen LogP contribution in [-0.4, -0.2) is 41.8 Å². The van der Waals surface area contributed by atoms with E-state index in [1.165, 1.54) is 13.3 Å². The zero-order valence-electron chi connectivity index (χ0n) is 14.0. The Labute approximate surface area is 144 Å². The van der Waals surface area contributed by atoms with Crippen molar-refractivity contribution < 1.29 is 23.8 Å². The second-order valence-corrected chi connectivity index (χ2v) is 5.57. The number of carbonyl (C=O) groups excluding carboxylic acids is 2. The lowest BCUT2D eigenvalue weighted by Crippen LogP contribution is -2.35. The molecule has 0 radical (unpaired) electrons. The van der Waals surface area contributed by atoms with Gasteiger partial charge in [-0.25, -0.2) is 9.78 Å². The van der Waals surface area contributed by atoms with E-state index in [0.29, 0.717) is 36.0 Å². The second kappa shape index (κ2) is 7.25. The molecule has 2 heterocycles. The first-order chi connectivity index (χ1) is 12.1. The highest BCUT2D eigenvalue weighted by molar-refractivity contribution is 5.97. The number of nitrogens with zero attached hydrogens (tertiary/aromatic N) is 2. The molecule has 2 aromatic rings. The van der Waals surface area contributed by atoms with Crippen molar-refractivity contribution in [2.75, 3.05) is 20.3 Å². The van der Waals surface area contributed by atoms with E-state index in [1.807, 2.05) is 0 Å². The van der Waals surface area contributed by atoms with E-state index in [9.17, 15) is 9.59 Å². The maximum atomic E-state index is 12.6. The van der Waals surface area contributed by atoms with Crippen LogP contribution in [0.1, 0.15) is 28.5 Å². The van der Waals surface area contributed by atoms with E-state index >= 15 is 0 Å². The Kier molecular flexibility index (Phi) is 4.87. The second-order valence-electron chi connectivity index (χ2n) is 5.57. The lowest BCUT2D eigenvalue weighted by Gasteiger charge is -2.17. The van der Waals surface area contributed by atoms with Gasteiger partial charge in [-0.1, -0.05) is 0 Å². The van der Waals surface area contributed by atoms with Crippen LogP contribution in [0, 0.1) is 0 Å². The van der Waals surface area contributed by atoms with Gasteiger partial charge in [0.2, 0.25) is 0 Å². The number of imidazole rings is 1. The van der Waals surface area contributed by atoms with Crippen LogP contribution in [-0.2, 0) is 16.6 Å². The van der Waals surface area contributed by atoms with E-state index in [-0.39, 0.29) is 0 Å². The molecule has 0 spiro atoms. The third-order valence-corrected chi connectivity index (χ3v) is 3.87. The minimum atomic E-state index is -0.957. The molecule has 1 aliphatic heterocycles. The van der Waals surface area contributed by atoms with Crippen molar-refractivity contribution in [2.45, 2.75) is 12.5 Å². The van der Waals surface area contributed by atoms with Crippen molar-refractivity contribution in [3.63, 3.8) is 0 Å². The van der Waals surface area contributed by atoms with Gasteiger partial charge in [0.05, 0.1) is 38.5 Å². The Bertz CT molecular complexity index is 786. The molecule has 1 aromatic carbocycles. The lowest BCUT2D eigenvalue weighted by atomic mass is 10.1. The number of fused-ring (bicyclic) bond motifs is 1. The van der Waals surface area contributed by atoms with E-state index in [4.69, 9.17) is 14.2 Å². The molecular formula is C17H19N3O5. The van der Waals surface area contributed by atoms with Crippen LogP contribution in [0.15, 0.2) is 30.7 Å². The Morgan fingerprint density at radius 1 is 1.28 bits per heavy atom. The lowest BCUT2D eigenvalue weighted by molar-refractivity contribution is -0.143. The molecule has 1 N–H and O–H groups in total. The van der Waals surface area contributed by atoms with Crippen molar-refractivity contribution >= 4 is 11.9 Å². The van der Waals surface area contributed by atoms with E-state index in [1.54, 1.807) is 36.1 Å². The van der Waals surface area contributed by atoms with Crippen LogP contribution in [0.3, 0.4) is 0 Å². The standard InChI is InChI=1S/C17H19N3O5/c1-20-10-18-9-12(20)15(17(22)23-2)19-16(21)11-4-5-13-14(8-11)25-7-3-6-24-13/h4-5,8-10,15H,3,6-7H2,1-2H3,(H,19,21)/t15-/m1/s1. The number of carbonyl (C=O) groups is 2. The van der Waals surface area contributed by atoms with Gasteiger partial charge in [-0.2, -0.15) is 0 Å². The highest BCUT2D eigenvalue weighted by Crippen LogP contribution is 2.30. The third-order valence-electron chi connectivity index (χ3n) is 3.87. The number of aromatic nitrogens is 2. The minimum absolute atomic E-state index is 0.361. The molecule has 0 saturated carbocycles. The van der Waals surface area contributed by atoms with Crippen molar-refractivity contribution in [3.8, 4) is 11.5 Å². The molecule has 0 unspecified atom stereocenters. The van der Waals surface area contributed by atoms with Gasteiger partial charge >= 0.3 is 5.97 Å². The molecule has 0 bridgehead atoms. The maximum absolute atomic E-state index is 12.6. The van der Waals surface area contributed by atoms with Crippen LogP contribution in [0.25, 0.3) is 0 Å². The number of nitrogens with one attached hydrogen (secondary N) is 1. The average molecular weight is 345 g/mol. The first-order valence-electron chi connectivity index (χ1n) is 7.84.